The lowest BCUT2D eigenvalue weighted by Crippen LogP contribution is -2.29. The van der Waals surface area contributed by atoms with Crippen LogP contribution < -0.4 is 23.8 Å². The molecule has 6 rings (SSSR count). The number of anilines is 1. The van der Waals surface area contributed by atoms with Crippen LogP contribution in [-0.2, 0) is 15.3 Å². The van der Waals surface area contributed by atoms with Crippen LogP contribution in [-0.4, -0.2) is 53.9 Å². The van der Waals surface area contributed by atoms with E-state index in [2.05, 4.69) is 17.1 Å². The lowest BCUT2D eigenvalue weighted by molar-refractivity contribution is -0.132. The number of thioether (sulfide) groups is 1. The first-order valence-electron chi connectivity index (χ1n) is 15.1. The molecule has 1 N–H and O–H groups in total. The number of unbranched alkanes of at least 4 members (excludes halogenated alkanes) is 2. The normalized spacial score (nSPS) is 16.8. The molecule has 1 amide bonds. The Kier molecular flexibility index (Phi) is 10.2. The summed E-state index contributed by atoms with van der Waals surface area (Å²) in [5.41, 5.74) is 1.76. The predicted octanol–water partition coefficient (Wildman–Crippen LogP) is 7.46. The van der Waals surface area contributed by atoms with Gasteiger partial charge in [0.1, 0.15) is 19.0 Å². The molecule has 1 aromatic heterocycles. The van der Waals surface area contributed by atoms with E-state index in [1.54, 1.807) is 36.4 Å². The SMILES string of the molecule is CCCCCOc1ccc(C2/C(=C(\O)c3ccc4c(c3)OCCO4)C(=O)C(=O)N2c2nnc(SCc3ccc(Cl)cc3)s2)cc1OC. The monoisotopic (exact) mass is 693 g/mol. The van der Waals surface area contributed by atoms with Crippen LogP contribution in [0, 0.1) is 0 Å². The number of benzene rings is 3. The van der Waals surface area contributed by atoms with Gasteiger partial charge in [-0.3, -0.25) is 14.5 Å². The molecule has 0 spiro atoms. The van der Waals surface area contributed by atoms with Gasteiger partial charge in [-0.1, -0.05) is 72.7 Å². The highest BCUT2D eigenvalue weighted by Crippen LogP contribution is 2.46. The number of halogens is 1. The average molecular weight is 694 g/mol. The number of nitrogens with zero attached hydrogens (tertiary/aromatic N) is 3. The molecule has 4 aromatic rings. The second-order valence-corrected chi connectivity index (χ2v) is 13.4. The molecule has 2 aliphatic heterocycles. The number of Topliss-reactive ketones (excluding diaryl/α,β-unsaturated/α-hetero) is 1. The molecule has 0 aliphatic carbocycles. The van der Waals surface area contributed by atoms with Crippen molar-refractivity contribution in [2.24, 2.45) is 0 Å². The highest BCUT2D eigenvalue weighted by atomic mass is 35.5. The van der Waals surface area contributed by atoms with Crippen LogP contribution in [0.4, 0.5) is 5.13 Å². The van der Waals surface area contributed by atoms with E-state index in [0.717, 1.165) is 24.8 Å². The minimum Gasteiger partial charge on any atom is -0.507 e. The number of carbonyl (C=O) groups excluding carboxylic acids is 2. The molecular weight excluding hydrogens is 662 g/mol. The van der Waals surface area contributed by atoms with E-state index >= 15 is 0 Å². The highest BCUT2D eigenvalue weighted by molar-refractivity contribution is 8.00. The molecule has 0 radical (unpaired) electrons. The van der Waals surface area contributed by atoms with E-state index in [0.29, 0.717) is 69.1 Å². The topological polar surface area (TPSA) is 120 Å². The van der Waals surface area contributed by atoms with E-state index < -0.39 is 17.7 Å². The van der Waals surface area contributed by atoms with Crippen LogP contribution in [0.2, 0.25) is 5.02 Å². The number of aromatic nitrogens is 2. The first-order valence-corrected chi connectivity index (χ1v) is 17.3. The number of fused-ring (bicyclic) bond motifs is 1. The zero-order valence-electron chi connectivity index (χ0n) is 25.7. The fraction of sp³-hybridized carbons (Fsp3) is 0.294. The van der Waals surface area contributed by atoms with E-state index in [1.165, 1.54) is 35.1 Å². The lowest BCUT2D eigenvalue weighted by atomic mass is 9.95. The fourth-order valence-corrected chi connectivity index (χ4v) is 7.23. The second-order valence-electron chi connectivity index (χ2n) is 10.8. The van der Waals surface area contributed by atoms with Crippen LogP contribution in [0.5, 0.6) is 23.0 Å². The standard InChI is InChI=1S/C34H32ClN3O7S2/c1-3-4-5-14-43-24-12-8-21(17-26(24)42-2)29-28(30(39)22-9-13-25-27(18-22)45-16-15-44-25)31(40)32(41)38(29)33-36-37-34(47-33)46-19-20-6-10-23(35)11-7-20/h6-13,17-18,29,39H,3-5,14-16,19H2,1-2H3/b30-28+. The van der Waals surface area contributed by atoms with Gasteiger partial charge in [-0.25, -0.2) is 0 Å². The van der Waals surface area contributed by atoms with E-state index in [4.69, 9.17) is 30.5 Å². The van der Waals surface area contributed by atoms with Crippen molar-refractivity contribution in [1.29, 1.82) is 0 Å². The van der Waals surface area contributed by atoms with Crippen molar-refractivity contribution in [1.82, 2.24) is 10.2 Å². The molecule has 3 heterocycles. The number of hydrogen-bond donors (Lipinski definition) is 1. The zero-order chi connectivity index (χ0) is 32.9. The van der Waals surface area contributed by atoms with Crippen molar-refractivity contribution in [3.63, 3.8) is 0 Å². The number of aliphatic hydroxyl groups is 1. The molecule has 0 saturated carbocycles. The lowest BCUT2D eigenvalue weighted by Gasteiger charge is -2.24. The quantitative estimate of drug-likeness (QED) is 0.0400. The van der Waals surface area contributed by atoms with Gasteiger partial charge < -0.3 is 24.1 Å². The van der Waals surface area contributed by atoms with Crippen molar-refractivity contribution in [3.8, 4) is 23.0 Å². The largest absolute Gasteiger partial charge is 0.507 e. The van der Waals surface area contributed by atoms with Crippen LogP contribution in [0.15, 0.2) is 70.6 Å². The van der Waals surface area contributed by atoms with Crippen LogP contribution in [0.1, 0.15) is 48.9 Å². The maximum absolute atomic E-state index is 13.8. The smallest absolute Gasteiger partial charge is 0.301 e. The molecule has 1 atom stereocenters. The minimum atomic E-state index is -1.03. The molecule has 1 saturated heterocycles. The number of aliphatic hydroxyl groups excluding tert-OH is 1. The highest BCUT2D eigenvalue weighted by Gasteiger charge is 2.48. The van der Waals surface area contributed by atoms with Crippen molar-refractivity contribution >= 4 is 57.3 Å². The molecular formula is C34H32ClN3O7S2. The van der Waals surface area contributed by atoms with E-state index in [-0.39, 0.29) is 16.5 Å². The van der Waals surface area contributed by atoms with Crippen molar-refractivity contribution in [2.75, 3.05) is 31.8 Å². The number of ketones is 1. The summed E-state index contributed by atoms with van der Waals surface area (Å²) in [7, 11) is 1.53. The summed E-state index contributed by atoms with van der Waals surface area (Å²) in [6.07, 6.45) is 3.00. The van der Waals surface area contributed by atoms with Crippen molar-refractivity contribution in [2.45, 2.75) is 42.3 Å². The molecule has 10 nitrogen and oxygen atoms in total. The number of hydrogen-bond acceptors (Lipinski definition) is 11. The Bertz CT molecular complexity index is 1810. The Morgan fingerprint density at radius 1 is 1.02 bits per heavy atom. The third-order valence-electron chi connectivity index (χ3n) is 7.65. The average Bonchev–Trinajstić information content (AvgIpc) is 3.67. The summed E-state index contributed by atoms with van der Waals surface area (Å²) in [5, 5.41) is 21.1. The fourth-order valence-electron chi connectivity index (χ4n) is 5.28. The Balaban J connectivity index is 1.38. The number of carbonyl (C=O) groups is 2. The zero-order valence-corrected chi connectivity index (χ0v) is 28.1. The maximum Gasteiger partial charge on any atom is 0.301 e. The summed E-state index contributed by atoms with van der Waals surface area (Å²) in [4.78, 5) is 28.8. The number of ether oxygens (including phenoxy) is 4. The summed E-state index contributed by atoms with van der Waals surface area (Å²) < 4.78 is 23.6. The van der Waals surface area contributed by atoms with Crippen molar-refractivity contribution in [3.05, 3.63) is 87.9 Å². The van der Waals surface area contributed by atoms with Gasteiger partial charge in [0.05, 0.1) is 25.3 Å². The van der Waals surface area contributed by atoms with E-state index in [1.807, 2.05) is 24.3 Å². The Labute approximate surface area is 285 Å². The maximum atomic E-state index is 13.8. The Morgan fingerprint density at radius 3 is 2.57 bits per heavy atom. The predicted molar refractivity (Wildman–Crippen MR) is 181 cm³/mol. The molecule has 13 heteroatoms. The summed E-state index contributed by atoms with van der Waals surface area (Å²) in [5.74, 6) is 0.493. The number of amides is 1. The van der Waals surface area contributed by atoms with Gasteiger partial charge in [0.25, 0.3) is 5.78 Å². The molecule has 1 fully saturated rings. The molecule has 1 unspecified atom stereocenters. The Hall–Kier alpha value is -4.26. The molecule has 2 aliphatic rings. The van der Waals surface area contributed by atoms with Crippen LogP contribution >= 0.6 is 34.7 Å². The van der Waals surface area contributed by atoms with Gasteiger partial charge in [-0.15, -0.1) is 10.2 Å². The third-order valence-corrected chi connectivity index (χ3v) is 10.0. The molecule has 244 valence electrons. The van der Waals surface area contributed by atoms with Gasteiger partial charge in [0.2, 0.25) is 5.13 Å². The summed E-state index contributed by atoms with van der Waals surface area (Å²) in [6.45, 7) is 3.40. The van der Waals surface area contributed by atoms with E-state index in [9.17, 15) is 14.7 Å². The minimum absolute atomic E-state index is 0.101. The number of rotatable bonds is 12. The molecule has 3 aromatic carbocycles. The molecule has 47 heavy (non-hydrogen) atoms. The first-order chi connectivity index (χ1) is 22.9. The van der Waals surface area contributed by atoms with Gasteiger partial charge in [-0.2, -0.15) is 0 Å². The molecule has 0 bridgehead atoms. The van der Waals surface area contributed by atoms with Gasteiger partial charge in [0, 0.05) is 16.3 Å². The Morgan fingerprint density at radius 2 is 1.81 bits per heavy atom. The van der Waals surface area contributed by atoms with Gasteiger partial charge in [0.15, 0.2) is 27.3 Å². The van der Waals surface area contributed by atoms with Crippen molar-refractivity contribution < 1.29 is 33.6 Å². The van der Waals surface area contributed by atoms with Crippen LogP contribution in [0.25, 0.3) is 5.76 Å². The van der Waals surface area contributed by atoms with Crippen LogP contribution in [0.3, 0.4) is 0 Å². The van der Waals surface area contributed by atoms with Gasteiger partial charge >= 0.3 is 5.91 Å². The second kappa shape index (κ2) is 14.7. The summed E-state index contributed by atoms with van der Waals surface area (Å²) in [6, 6.07) is 16.6. The summed E-state index contributed by atoms with van der Waals surface area (Å²) >= 11 is 8.65. The van der Waals surface area contributed by atoms with Gasteiger partial charge in [-0.05, 0) is 60.0 Å². The first kappa shape index (κ1) is 32.7. The number of methoxy groups -OCH3 is 1. The third kappa shape index (κ3) is 7.04.